The third-order valence-corrected chi connectivity index (χ3v) is 5.55. The van der Waals surface area contributed by atoms with Crippen molar-refractivity contribution in [1.82, 2.24) is 0 Å². The number of hydrogen-bond acceptors (Lipinski definition) is 4. The molecule has 1 unspecified atom stereocenters. The van der Waals surface area contributed by atoms with E-state index in [1.807, 2.05) is 68.4 Å². The molecule has 0 radical (unpaired) electrons. The molecule has 2 aliphatic rings. The highest BCUT2D eigenvalue weighted by Gasteiger charge is 2.37. The van der Waals surface area contributed by atoms with E-state index in [2.05, 4.69) is 0 Å². The lowest BCUT2D eigenvalue weighted by Gasteiger charge is -2.29. The zero-order chi connectivity index (χ0) is 22.3. The van der Waals surface area contributed by atoms with Gasteiger partial charge in [-0.15, -0.1) is 0 Å². The van der Waals surface area contributed by atoms with Crippen molar-refractivity contribution in [2.75, 3.05) is 6.61 Å². The Hall–Kier alpha value is -3.73. The lowest BCUT2D eigenvalue weighted by Crippen LogP contribution is -2.26. The first-order valence-electron chi connectivity index (χ1n) is 10.5. The fourth-order valence-corrected chi connectivity index (χ4v) is 4.02. The number of carbonyl (C=O) groups is 1. The Morgan fingerprint density at radius 3 is 2.50 bits per heavy atom. The molecule has 0 spiro atoms. The molecule has 5 heteroatoms. The first-order chi connectivity index (χ1) is 15.4. The summed E-state index contributed by atoms with van der Waals surface area (Å²) in [5, 5.41) is 0. The van der Waals surface area contributed by atoms with Gasteiger partial charge < -0.3 is 9.47 Å². The number of carbonyl (C=O) groups excluding carboxylic acids is 1. The molecule has 0 amide bonds. The molecule has 160 valence electrons. The molecule has 4 nitrogen and oxygen atoms in total. The van der Waals surface area contributed by atoms with E-state index >= 15 is 0 Å². The molecule has 0 saturated heterocycles. The lowest BCUT2D eigenvalue weighted by atomic mass is 9.87. The Morgan fingerprint density at radius 2 is 1.75 bits per heavy atom. The second-order valence-electron chi connectivity index (χ2n) is 8.56. The maximum Gasteiger partial charge on any atom is 0.217 e. The number of ether oxygens (including phenoxy) is 2. The molecule has 0 aromatic heterocycles. The molecule has 5 rings (SSSR count). The fourth-order valence-electron chi connectivity index (χ4n) is 4.02. The molecule has 3 aromatic rings. The maximum absolute atomic E-state index is 14.6. The molecule has 0 N–H and O–H groups in total. The Bertz CT molecular complexity index is 1260. The van der Waals surface area contributed by atoms with Crippen LogP contribution in [-0.2, 0) is 4.74 Å². The lowest BCUT2D eigenvalue weighted by molar-refractivity contribution is 0.0957. The fraction of sp³-hybridized carbons (Fsp3) is 0.185. The van der Waals surface area contributed by atoms with E-state index in [1.165, 1.54) is 6.07 Å². The summed E-state index contributed by atoms with van der Waals surface area (Å²) in [4.78, 5) is 18.2. The van der Waals surface area contributed by atoms with Crippen LogP contribution in [0, 0.1) is 5.82 Å². The molecule has 3 aromatic carbocycles. The Morgan fingerprint density at radius 1 is 1.00 bits per heavy atom. The average Bonchev–Trinajstić information content (AvgIpc) is 3.16. The van der Waals surface area contributed by atoms with Gasteiger partial charge in [-0.3, -0.25) is 4.79 Å². The van der Waals surface area contributed by atoms with Gasteiger partial charge in [0, 0.05) is 16.7 Å². The van der Waals surface area contributed by atoms with Gasteiger partial charge in [-0.05, 0) is 43.7 Å². The van der Waals surface area contributed by atoms with Crippen molar-refractivity contribution in [3.8, 4) is 5.75 Å². The first-order valence-corrected chi connectivity index (χ1v) is 10.5. The van der Waals surface area contributed by atoms with Crippen molar-refractivity contribution in [3.05, 3.63) is 106 Å². The zero-order valence-electron chi connectivity index (χ0n) is 17.8. The molecule has 0 bridgehead atoms. The predicted octanol–water partition coefficient (Wildman–Crippen LogP) is 5.78. The van der Waals surface area contributed by atoms with E-state index in [1.54, 1.807) is 18.2 Å². The van der Waals surface area contributed by atoms with Gasteiger partial charge in [0.25, 0.3) is 0 Å². The minimum atomic E-state index is -0.733. The van der Waals surface area contributed by atoms with Gasteiger partial charge in [-0.1, -0.05) is 54.6 Å². The topological polar surface area (TPSA) is 47.9 Å². The molecule has 2 heterocycles. The van der Waals surface area contributed by atoms with Crippen molar-refractivity contribution in [2.24, 2.45) is 4.99 Å². The van der Waals surface area contributed by atoms with E-state index in [9.17, 15) is 9.18 Å². The quantitative estimate of drug-likeness (QED) is 0.498. The van der Waals surface area contributed by atoms with Gasteiger partial charge in [0.15, 0.2) is 11.9 Å². The predicted molar refractivity (Wildman–Crippen MR) is 122 cm³/mol. The van der Waals surface area contributed by atoms with E-state index in [4.69, 9.17) is 14.5 Å². The largest absolute Gasteiger partial charge is 0.480 e. The number of ketones is 1. The smallest absolute Gasteiger partial charge is 0.217 e. The van der Waals surface area contributed by atoms with Crippen LogP contribution in [0.2, 0.25) is 0 Å². The van der Waals surface area contributed by atoms with Crippen LogP contribution < -0.4 is 4.74 Å². The summed E-state index contributed by atoms with van der Waals surface area (Å²) in [5.41, 5.74) is 2.32. The number of nitrogens with zero attached hydrogens (tertiary/aromatic N) is 1. The second-order valence-corrected chi connectivity index (χ2v) is 8.56. The van der Waals surface area contributed by atoms with Gasteiger partial charge in [0.05, 0.1) is 5.54 Å². The average molecular weight is 427 g/mol. The second kappa shape index (κ2) is 7.75. The summed E-state index contributed by atoms with van der Waals surface area (Å²) in [6.45, 7) is 4.48. The van der Waals surface area contributed by atoms with Crippen molar-refractivity contribution >= 4 is 17.8 Å². The van der Waals surface area contributed by atoms with Crippen molar-refractivity contribution in [1.29, 1.82) is 0 Å². The van der Waals surface area contributed by atoms with Crippen LogP contribution in [0.25, 0.3) is 6.08 Å². The Kier molecular flexibility index (Phi) is 4.89. The highest BCUT2D eigenvalue weighted by molar-refractivity contribution is 6.15. The van der Waals surface area contributed by atoms with Crippen LogP contribution in [0.5, 0.6) is 5.75 Å². The molecule has 0 fully saturated rings. The molecule has 2 aliphatic heterocycles. The molecular weight excluding hydrogens is 405 g/mol. The summed E-state index contributed by atoms with van der Waals surface area (Å²) >= 11 is 0. The van der Waals surface area contributed by atoms with Crippen LogP contribution in [0.4, 0.5) is 4.39 Å². The highest BCUT2D eigenvalue weighted by atomic mass is 19.1. The number of rotatable bonds is 3. The SMILES string of the molecule is CC1(C)COC(c2ccccc2C2Oc3cccc(F)c3C(=O)C2=Cc2ccccc2)=N1. The summed E-state index contributed by atoms with van der Waals surface area (Å²) in [6, 6.07) is 21.5. The number of benzene rings is 3. The number of aliphatic imine (C=N–C) groups is 1. The van der Waals surface area contributed by atoms with Crippen LogP contribution in [0.3, 0.4) is 0 Å². The normalized spacial score (nSPS) is 20.3. The van der Waals surface area contributed by atoms with Gasteiger partial charge in [-0.2, -0.15) is 0 Å². The van der Waals surface area contributed by atoms with Crippen molar-refractivity contribution in [2.45, 2.75) is 25.5 Å². The minimum absolute atomic E-state index is 0.0426. The summed E-state index contributed by atoms with van der Waals surface area (Å²) in [6.07, 6.45) is 1.03. The van der Waals surface area contributed by atoms with Crippen LogP contribution >= 0.6 is 0 Å². The Balaban J connectivity index is 1.69. The summed E-state index contributed by atoms with van der Waals surface area (Å²) < 4.78 is 26.8. The van der Waals surface area contributed by atoms with Gasteiger partial charge in [0.2, 0.25) is 5.90 Å². The molecule has 32 heavy (non-hydrogen) atoms. The van der Waals surface area contributed by atoms with Crippen LogP contribution in [0.1, 0.15) is 47.0 Å². The van der Waals surface area contributed by atoms with E-state index < -0.39 is 11.9 Å². The molecular formula is C27H22FNO3. The van der Waals surface area contributed by atoms with Gasteiger partial charge >= 0.3 is 0 Å². The molecule has 0 saturated carbocycles. The highest BCUT2D eigenvalue weighted by Crippen LogP contribution is 2.41. The van der Waals surface area contributed by atoms with Crippen molar-refractivity contribution < 1.29 is 18.7 Å². The zero-order valence-corrected chi connectivity index (χ0v) is 17.8. The van der Waals surface area contributed by atoms with E-state index in [-0.39, 0.29) is 22.6 Å². The molecule has 1 atom stereocenters. The number of halogens is 1. The summed E-state index contributed by atoms with van der Waals surface area (Å²) in [7, 11) is 0. The van der Waals surface area contributed by atoms with Gasteiger partial charge in [-0.25, -0.2) is 9.38 Å². The number of hydrogen-bond donors (Lipinski definition) is 0. The third kappa shape index (κ3) is 3.60. The maximum atomic E-state index is 14.6. The monoisotopic (exact) mass is 427 g/mol. The third-order valence-electron chi connectivity index (χ3n) is 5.55. The van der Waals surface area contributed by atoms with Gasteiger partial charge in [0.1, 0.15) is 23.7 Å². The first kappa shape index (κ1) is 20.2. The number of Topliss-reactive ketones (excluding diaryl/α,β-unsaturated/α-hetero) is 1. The van der Waals surface area contributed by atoms with Crippen LogP contribution in [-0.4, -0.2) is 23.8 Å². The van der Waals surface area contributed by atoms with Crippen molar-refractivity contribution in [3.63, 3.8) is 0 Å². The van der Waals surface area contributed by atoms with E-state index in [0.717, 1.165) is 16.7 Å². The molecule has 0 aliphatic carbocycles. The van der Waals surface area contributed by atoms with E-state index in [0.29, 0.717) is 18.1 Å². The Labute approximate surface area is 186 Å². The minimum Gasteiger partial charge on any atom is -0.480 e. The standard InChI is InChI=1S/C27H22FNO3/c1-27(2)16-31-26(29-27)19-12-7-6-11-18(19)25-20(15-17-9-4-3-5-10-17)24(30)23-21(28)13-8-14-22(23)32-25/h3-15,25H,16H2,1-2H3. The number of fused-ring (bicyclic) bond motifs is 1. The van der Waals surface area contributed by atoms with Crippen LogP contribution in [0.15, 0.2) is 83.4 Å². The summed E-state index contributed by atoms with van der Waals surface area (Å²) in [5.74, 6) is -0.230.